The van der Waals surface area contributed by atoms with Gasteiger partial charge in [-0.25, -0.2) is 14.6 Å². The van der Waals surface area contributed by atoms with E-state index in [1.807, 2.05) is 18.2 Å². The van der Waals surface area contributed by atoms with Gasteiger partial charge in [0.15, 0.2) is 0 Å². The first kappa shape index (κ1) is 21.3. The topological polar surface area (TPSA) is 123 Å². The molecule has 3 heterocycles. The van der Waals surface area contributed by atoms with Gasteiger partial charge < -0.3 is 20.4 Å². The highest BCUT2D eigenvalue weighted by Gasteiger charge is 2.41. The fraction of sp³-hybridized carbons (Fsp3) is 0.333. The molecule has 1 amide bonds. The van der Waals surface area contributed by atoms with E-state index in [4.69, 9.17) is 15.2 Å². The van der Waals surface area contributed by atoms with Gasteiger partial charge in [0.1, 0.15) is 5.82 Å². The lowest BCUT2D eigenvalue weighted by Gasteiger charge is -2.32. The average molecular weight is 412 g/mol. The number of carboxylic acid groups (broad SMARTS) is 2. The summed E-state index contributed by atoms with van der Waals surface area (Å²) >= 11 is 0. The van der Waals surface area contributed by atoms with Crippen LogP contribution in [0.2, 0.25) is 0 Å². The highest BCUT2D eigenvalue weighted by atomic mass is 16.4. The van der Waals surface area contributed by atoms with E-state index in [1.54, 1.807) is 0 Å². The maximum Gasteiger partial charge on any atom is 0.328 e. The average Bonchev–Trinajstić information content (AvgIpc) is 3.25. The van der Waals surface area contributed by atoms with Gasteiger partial charge in [0, 0.05) is 55.3 Å². The van der Waals surface area contributed by atoms with Crippen LogP contribution < -0.4 is 10.2 Å². The van der Waals surface area contributed by atoms with Crippen molar-refractivity contribution in [2.45, 2.75) is 25.4 Å². The Kier molecular flexibility index (Phi) is 6.31. The fourth-order valence-electron chi connectivity index (χ4n) is 3.84. The second kappa shape index (κ2) is 8.91. The van der Waals surface area contributed by atoms with Gasteiger partial charge in [0.05, 0.1) is 5.52 Å². The van der Waals surface area contributed by atoms with E-state index in [-0.39, 0.29) is 5.91 Å². The molecule has 0 saturated carbocycles. The van der Waals surface area contributed by atoms with Crippen LogP contribution in [0, 0.1) is 0 Å². The number of nitrogens with zero attached hydrogens (tertiary/aromatic N) is 3. The third kappa shape index (κ3) is 5.12. The van der Waals surface area contributed by atoms with Gasteiger partial charge in [-0.15, -0.1) is 0 Å². The second-order valence-electron chi connectivity index (χ2n) is 7.40. The molecule has 9 nitrogen and oxygen atoms in total. The molecule has 4 rings (SSSR count). The molecule has 2 bridgehead atoms. The van der Waals surface area contributed by atoms with Crippen molar-refractivity contribution in [1.29, 1.82) is 0 Å². The normalized spacial score (nSPS) is 20.3. The Balaban J connectivity index is 0.000000275. The lowest BCUT2D eigenvalue weighted by atomic mass is 10.2. The zero-order valence-corrected chi connectivity index (χ0v) is 16.8. The number of aliphatic carboxylic acids is 2. The highest BCUT2D eigenvalue weighted by molar-refractivity contribution is 5.92. The predicted molar refractivity (Wildman–Crippen MR) is 113 cm³/mol. The van der Waals surface area contributed by atoms with Crippen LogP contribution in [0.15, 0.2) is 42.5 Å². The Morgan fingerprint density at radius 1 is 1.07 bits per heavy atom. The molecule has 0 unspecified atom stereocenters. The van der Waals surface area contributed by atoms with Gasteiger partial charge in [-0.05, 0) is 43.8 Å². The molecule has 3 N–H and O–H groups in total. The minimum atomic E-state index is -1.26. The fourth-order valence-corrected chi connectivity index (χ4v) is 3.84. The third-order valence-corrected chi connectivity index (χ3v) is 5.17. The SMILES string of the molecule is CC(=O)Nc1ccc2nc(N3C[C@@H]4C[C@H]3CN4C)ccc2c1.O=C(O)/C=C/C(=O)O. The summed E-state index contributed by atoms with van der Waals surface area (Å²) < 4.78 is 0. The zero-order valence-electron chi connectivity index (χ0n) is 16.8. The van der Waals surface area contributed by atoms with E-state index in [2.05, 4.69) is 34.3 Å². The van der Waals surface area contributed by atoms with Gasteiger partial charge in [-0.2, -0.15) is 0 Å². The molecule has 0 aliphatic carbocycles. The number of carbonyl (C=O) groups excluding carboxylic acids is 1. The summed E-state index contributed by atoms with van der Waals surface area (Å²) in [5.41, 5.74) is 1.79. The van der Waals surface area contributed by atoms with Gasteiger partial charge in [-0.3, -0.25) is 9.69 Å². The molecule has 2 aromatic rings. The first-order valence-corrected chi connectivity index (χ1v) is 9.52. The molecule has 2 saturated heterocycles. The van der Waals surface area contributed by atoms with Crippen LogP contribution >= 0.6 is 0 Å². The number of piperazine rings is 1. The number of likely N-dealkylation sites (N-methyl/N-ethyl adjacent to an activating group) is 1. The number of benzene rings is 1. The monoisotopic (exact) mass is 412 g/mol. The number of nitrogens with one attached hydrogen (secondary N) is 1. The Morgan fingerprint density at radius 3 is 2.30 bits per heavy atom. The van der Waals surface area contributed by atoms with E-state index in [1.165, 1.54) is 13.3 Å². The second-order valence-corrected chi connectivity index (χ2v) is 7.40. The Hall–Kier alpha value is -3.46. The third-order valence-electron chi connectivity index (χ3n) is 5.17. The maximum atomic E-state index is 11.1. The molecule has 1 aromatic heterocycles. The standard InChI is InChI=1S/C17H20N4O.C4H4O4/c1-11(22)18-13-4-5-16-12(7-13)3-6-17(19-16)21-10-14-8-15(21)9-20(14)2;5-3(6)1-2-4(7)8/h3-7,14-15H,8-10H2,1-2H3,(H,18,22);1-2H,(H,5,6)(H,7,8)/b;2-1+/t14-,15-;/m0./s1. The van der Waals surface area contributed by atoms with E-state index in [0.29, 0.717) is 24.2 Å². The molecule has 0 radical (unpaired) electrons. The smallest absolute Gasteiger partial charge is 0.328 e. The van der Waals surface area contributed by atoms with Crippen molar-refractivity contribution in [1.82, 2.24) is 9.88 Å². The highest BCUT2D eigenvalue weighted by Crippen LogP contribution is 2.33. The minimum Gasteiger partial charge on any atom is -0.478 e. The Morgan fingerprint density at radius 2 is 1.77 bits per heavy atom. The molecular weight excluding hydrogens is 388 g/mol. The number of likely N-dealkylation sites (tertiary alicyclic amines) is 1. The summed E-state index contributed by atoms with van der Waals surface area (Å²) in [5.74, 6) is -1.50. The molecule has 30 heavy (non-hydrogen) atoms. The van der Waals surface area contributed by atoms with Crippen molar-refractivity contribution in [2.75, 3.05) is 30.4 Å². The van der Waals surface area contributed by atoms with E-state index in [0.717, 1.165) is 35.5 Å². The van der Waals surface area contributed by atoms with Crippen molar-refractivity contribution in [3.8, 4) is 0 Å². The molecule has 9 heteroatoms. The van der Waals surface area contributed by atoms with Crippen LogP contribution in [0.4, 0.5) is 11.5 Å². The number of hydrogen-bond acceptors (Lipinski definition) is 6. The van der Waals surface area contributed by atoms with Crippen molar-refractivity contribution in [2.24, 2.45) is 0 Å². The lowest BCUT2D eigenvalue weighted by Crippen LogP contribution is -2.44. The molecule has 1 aromatic carbocycles. The molecule has 2 aliphatic heterocycles. The summed E-state index contributed by atoms with van der Waals surface area (Å²) in [6, 6.07) is 11.3. The van der Waals surface area contributed by atoms with Crippen molar-refractivity contribution >= 4 is 40.3 Å². The Bertz CT molecular complexity index is 988. The summed E-state index contributed by atoms with van der Waals surface area (Å²) in [5, 5.41) is 19.5. The van der Waals surface area contributed by atoms with Crippen molar-refractivity contribution < 1.29 is 24.6 Å². The summed E-state index contributed by atoms with van der Waals surface area (Å²) in [7, 11) is 2.21. The molecule has 2 atom stereocenters. The predicted octanol–water partition coefficient (Wildman–Crippen LogP) is 1.80. The minimum absolute atomic E-state index is 0.0545. The number of hydrogen-bond donors (Lipinski definition) is 3. The van der Waals surface area contributed by atoms with Crippen LogP contribution in [0.1, 0.15) is 13.3 Å². The van der Waals surface area contributed by atoms with Crippen LogP contribution in [0.3, 0.4) is 0 Å². The van der Waals surface area contributed by atoms with E-state index >= 15 is 0 Å². The first-order valence-electron chi connectivity index (χ1n) is 9.52. The first-order chi connectivity index (χ1) is 14.2. The Labute approximate surface area is 173 Å². The number of carbonyl (C=O) groups is 3. The van der Waals surface area contributed by atoms with E-state index < -0.39 is 11.9 Å². The number of aromatic nitrogens is 1. The maximum absolute atomic E-state index is 11.1. The number of pyridine rings is 1. The summed E-state index contributed by atoms with van der Waals surface area (Å²) in [6.07, 6.45) is 2.36. The van der Waals surface area contributed by atoms with Crippen LogP contribution in [0.5, 0.6) is 0 Å². The van der Waals surface area contributed by atoms with Gasteiger partial charge in [0.25, 0.3) is 0 Å². The number of carboxylic acids is 2. The lowest BCUT2D eigenvalue weighted by molar-refractivity contribution is -0.134. The number of rotatable bonds is 4. The quantitative estimate of drug-likeness (QED) is 0.650. The number of anilines is 2. The molecule has 0 spiro atoms. The van der Waals surface area contributed by atoms with Gasteiger partial charge in [0.2, 0.25) is 5.91 Å². The van der Waals surface area contributed by atoms with Crippen LogP contribution in [0.25, 0.3) is 10.9 Å². The molecule has 158 valence electrons. The zero-order chi connectivity index (χ0) is 21.8. The van der Waals surface area contributed by atoms with Crippen LogP contribution in [-0.4, -0.2) is 70.2 Å². The molecule has 2 aliphatic rings. The van der Waals surface area contributed by atoms with E-state index in [9.17, 15) is 14.4 Å². The van der Waals surface area contributed by atoms with Crippen molar-refractivity contribution in [3.63, 3.8) is 0 Å². The molecular formula is C21H24N4O5. The summed E-state index contributed by atoms with van der Waals surface area (Å²) in [4.78, 5) is 39.9. The number of amides is 1. The molecule has 2 fully saturated rings. The van der Waals surface area contributed by atoms with Gasteiger partial charge in [-0.1, -0.05) is 0 Å². The van der Waals surface area contributed by atoms with Crippen molar-refractivity contribution in [3.05, 3.63) is 42.5 Å². The largest absolute Gasteiger partial charge is 0.478 e. The van der Waals surface area contributed by atoms with Gasteiger partial charge >= 0.3 is 11.9 Å². The van der Waals surface area contributed by atoms with Crippen LogP contribution in [-0.2, 0) is 14.4 Å². The summed E-state index contributed by atoms with van der Waals surface area (Å²) in [6.45, 7) is 3.72. The number of fused-ring (bicyclic) bond motifs is 3.